The van der Waals surface area contributed by atoms with Gasteiger partial charge in [0.2, 0.25) is 23.6 Å². The van der Waals surface area contributed by atoms with E-state index in [9.17, 15) is 28.0 Å². The summed E-state index contributed by atoms with van der Waals surface area (Å²) in [6, 6.07) is 5.28. The SMILES string of the molecule is Cc1n[nH]c2c1C(c1cc(C#CC3CC(=O)NC3=O)cc(C(F)(F)F)c1)(C(C)C)C(C#N)=C(N)O2. The molecule has 2 aliphatic rings. The molecule has 0 saturated carbocycles. The predicted octanol–water partition coefficient (Wildman–Crippen LogP) is 2.78. The third-order valence-corrected chi connectivity index (χ3v) is 6.21. The van der Waals surface area contributed by atoms with E-state index < -0.39 is 40.8 Å². The van der Waals surface area contributed by atoms with Crippen LogP contribution in [0.1, 0.15) is 48.2 Å². The van der Waals surface area contributed by atoms with E-state index in [1.807, 2.05) is 6.07 Å². The Labute approximate surface area is 198 Å². The molecule has 2 aliphatic heterocycles. The lowest BCUT2D eigenvalue weighted by Gasteiger charge is -2.41. The van der Waals surface area contributed by atoms with Crippen LogP contribution in [0.3, 0.4) is 0 Å². The first-order valence-electron chi connectivity index (χ1n) is 10.6. The highest BCUT2D eigenvalue weighted by atomic mass is 19.4. The summed E-state index contributed by atoms with van der Waals surface area (Å²) < 4.78 is 47.4. The van der Waals surface area contributed by atoms with Gasteiger partial charge in [-0.1, -0.05) is 25.7 Å². The van der Waals surface area contributed by atoms with Crippen LogP contribution in [0.2, 0.25) is 0 Å². The summed E-state index contributed by atoms with van der Waals surface area (Å²) in [7, 11) is 0. The number of amides is 2. The van der Waals surface area contributed by atoms with Crippen molar-refractivity contribution in [3.63, 3.8) is 0 Å². The Bertz CT molecular complexity index is 1390. The number of carbonyl (C=O) groups is 2. The summed E-state index contributed by atoms with van der Waals surface area (Å²) >= 11 is 0. The Morgan fingerprint density at radius 1 is 1.29 bits per heavy atom. The van der Waals surface area contributed by atoms with E-state index in [4.69, 9.17) is 10.5 Å². The number of carbonyl (C=O) groups excluding carboxylic acids is 2. The Hall–Kier alpha value is -4.25. The molecular formula is C24H20F3N5O3. The van der Waals surface area contributed by atoms with E-state index in [-0.39, 0.29) is 34.9 Å². The number of alkyl halides is 3. The van der Waals surface area contributed by atoms with Crippen molar-refractivity contribution in [3.05, 3.63) is 57.6 Å². The number of aromatic nitrogens is 2. The summed E-state index contributed by atoms with van der Waals surface area (Å²) in [4.78, 5) is 23.3. The third-order valence-electron chi connectivity index (χ3n) is 6.21. The Balaban J connectivity index is 2.02. The molecule has 0 spiro atoms. The van der Waals surface area contributed by atoms with Crippen molar-refractivity contribution in [1.82, 2.24) is 15.5 Å². The molecule has 2 unspecified atom stereocenters. The zero-order valence-electron chi connectivity index (χ0n) is 18.9. The number of aromatic amines is 1. The second kappa shape index (κ2) is 8.20. The van der Waals surface area contributed by atoms with Crippen molar-refractivity contribution in [2.24, 2.45) is 17.6 Å². The lowest BCUT2D eigenvalue weighted by Crippen LogP contribution is -2.41. The van der Waals surface area contributed by atoms with Gasteiger partial charge in [0.1, 0.15) is 17.6 Å². The maximum atomic E-state index is 14.0. The fraction of sp³-hybridized carbons (Fsp3) is 0.333. The van der Waals surface area contributed by atoms with Crippen LogP contribution in [0.5, 0.6) is 5.88 Å². The van der Waals surface area contributed by atoms with Crippen molar-refractivity contribution in [2.45, 2.75) is 38.8 Å². The average Bonchev–Trinajstić information content (AvgIpc) is 3.30. The zero-order valence-corrected chi connectivity index (χ0v) is 18.9. The number of aryl methyl sites for hydroxylation is 1. The summed E-state index contributed by atoms with van der Waals surface area (Å²) in [5.74, 6) is 2.58. The van der Waals surface area contributed by atoms with Crippen LogP contribution >= 0.6 is 0 Å². The zero-order chi connectivity index (χ0) is 25.7. The van der Waals surface area contributed by atoms with Gasteiger partial charge in [-0.15, -0.1) is 0 Å². The van der Waals surface area contributed by atoms with Gasteiger partial charge in [-0.05, 0) is 36.6 Å². The molecule has 3 heterocycles. The van der Waals surface area contributed by atoms with Gasteiger partial charge in [0, 0.05) is 12.0 Å². The molecule has 1 saturated heterocycles. The van der Waals surface area contributed by atoms with Gasteiger partial charge in [-0.3, -0.25) is 14.9 Å². The number of hydrogen-bond acceptors (Lipinski definition) is 6. The third kappa shape index (κ3) is 3.79. The van der Waals surface area contributed by atoms with E-state index in [0.29, 0.717) is 11.3 Å². The van der Waals surface area contributed by atoms with Gasteiger partial charge in [0.25, 0.3) is 0 Å². The monoisotopic (exact) mass is 483 g/mol. The number of nitrogens with two attached hydrogens (primary N) is 1. The minimum atomic E-state index is -4.73. The van der Waals surface area contributed by atoms with Gasteiger partial charge in [-0.2, -0.15) is 23.5 Å². The normalized spacial score (nSPS) is 21.7. The van der Waals surface area contributed by atoms with E-state index in [1.165, 1.54) is 6.07 Å². The molecule has 2 atom stereocenters. The fourth-order valence-electron chi connectivity index (χ4n) is 4.70. The van der Waals surface area contributed by atoms with E-state index >= 15 is 0 Å². The number of nitriles is 1. The van der Waals surface area contributed by atoms with Gasteiger partial charge < -0.3 is 10.5 Å². The van der Waals surface area contributed by atoms with Crippen LogP contribution in [-0.4, -0.2) is 22.0 Å². The molecule has 2 aromatic rings. The number of hydrogen-bond donors (Lipinski definition) is 3. The first-order valence-corrected chi connectivity index (χ1v) is 10.6. The summed E-state index contributed by atoms with van der Waals surface area (Å²) in [5, 5.41) is 19.0. The predicted molar refractivity (Wildman–Crippen MR) is 116 cm³/mol. The highest BCUT2D eigenvalue weighted by Gasteiger charge is 2.51. The molecule has 35 heavy (non-hydrogen) atoms. The number of H-pyrrole nitrogens is 1. The number of benzene rings is 1. The van der Waals surface area contributed by atoms with E-state index in [2.05, 4.69) is 27.4 Å². The van der Waals surface area contributed by atoms with E-state index in [0.717, 1.165) is 12.1 Å². The molecule has 4 rings (SSSR count). The minimum Gasteiger partial charge on any atom is -0.422 e. The topological polar surface area (TPSA) is 134 Å². The molecule has 1 aromatic heterocycles. The lowest BCUT2D eigenvalue weighted by atomic mass is 9.61. The highest BCUT2D eigenvalue weighted by Crippen LogP contribution is 2.53. The molecule has 4 N–H and O–H groups in total. The van der Waals surface area contributed by atoms with Crippen molar-refractivity contribution < 1.29 is 27.5 Å². The smallest absolute Gasteiger partial charge is 0.416 e. The van der Waals surface area contributed by atoms with Gasteiger partial charge in [0.15, 0.2) is 0 Å². The quantitative estimate of drug-likeness (QED) is 0.444. The lowest BCUT2D eigenvalue weighted by molar-refractivity contribution is -0.137. The number of nitrogens with zero attached hydrogens (tertiary/aromatic N) is 2. The second-order valence-corrected chi connectivity index (χ2v) is 8.66. The molecule has 8 nitrogen and oxygen atoms in total. The number of nitrogens with one attached hydrogen (secondary N) is 2. The number of halogens is 3. The summed E-state index contributed by atoms with van der Waals surface area (Å²) in [6.07, 6.45) is -4.90. The number of fused-ring (bicyclic) bond motifs is 1. The van der Waals surface area contributed by atoms with Crippen molar-refractivity contribution in [2.75, 3.05) is 0 Å². The average molecular weight is 483 g/mol. The van der Waals surface area contributed by atoms with Crippen LogP contribution in [0, 0.1) is 41.9 Å². The van der Waals surface area contributed by atoms with Gasteiger partial charge in [0.05, 0.1) is 22.2 Å². The maximum Gasteiger partial charge on any atom is 0.416 e. The number of allylic oxidation sites excluding steroid dienone is 1. The van der Waals surface area contributed by atoms with Crippen LogP contribution in [0.15, 0.2) is 29.7 Å². The molecule has 0 aliphatic carbocycles. The fourth-order valence-corrected chi connectivity index (χ4v) is 4.70. The highest BCUT2D eigenvalue weighted by molar-refractivity contribution is 6.04. The standard InChI is InChI=1S/C24H20F3N5O3/c1-11(2)23(17(10-28)20(29)35-22-19(23)12(3)31-32-22)15-6-13(7-16(9-15)24(25,26)27)4-5-14-8-18(33)30-21(14)34/h6-7,9,11,14H,8,29H2,1-3H3,(H,31,32)(H,30,33,34). The van der Waals surface area contributed by atoms with Crippen LogP contribution < -0.4 is 15.8 Å². The Morgan fingerprint density at radius 3 is 2.57 bits per heavy atom. The molecule has 2 amide bonds. The van der Waals surface area contributed by atoms with Crippen LogP contribution in [-0.2, 0) is 21.2 Å². The Kier molecular flexibility index (Phi) is 5.60. The van der Waals surface area contributed by atoms with Crippen molar-refractivity contribution in [1.29, 1.82) is 5.26 Å². The first kappa shape index (κ1) is 23.9. The molecule has 11 heteroatoms. The Morgan fingerprint density at radius 2 is 2.00 bits per heavy atom. The van der Waals surface area contributed by atoms with Crippen molar-refractivity contribution in [3.8, 4) is 23.8 Å². The summed E-state index contributed by atoms with van der Waals surface area (Å²) in [6.45, 7) is 5.16. The molecule has 0 radical (unpaired) electrons. The molecule has 0 bridgehead atoms. The van der Waals surface area contributed by atoms with Crippen molar-refractivity contribution >= 4 is 11.8 Å². The number of rotatable bonds is 2. The molecule has 1 aromatic carbocycles. The first-order chi connectivity index (χ1) is 16.4. The second-order valence-electron chi connectivity index (χ2n) is 8.66. The molecule has 180 valence electrons. The molecule has 1 fully saturated rings. The van der Waals surface area contributed by atoms with Crippen LogP contribution in [0.4, 0.5) is 13.2 Å². The van der Waals surface area contributed by atoms with Crippen LogP contribution in [0.25, 0.3) is 0 Å². The van der Waals surface area contributed by atoms with E-state index in [1.54, 1.807) is 20.8 Å². The molecular weight excluding hydrogens is 463 g/mol. The van der Waals surface area contributed by atoms with Gasteiger partial charge >= 0.3 is 6.18 Å². The minimum absolute atomic E-state index is 0.0351. The largest absolute Gasteiger partial charge is 0.422 e. The number of imide groups is 1. The summed E-state index contributed by atoms with van der Waals surface area (Å²) in [5.41, 5.74) is 4.50. The maximum absolute atomic E-state index is 14.0. The van der Waals surface area contributed by atoms with Gasteiger partial charge in [-0.25, -0.2) is 5.10 Å². The number of ether oxygens (including phenoxy) is 1.